The fraction of sp³-hybridized carbons (Fsp3) is 0.235. The Hall–Kier alpha value is -2.93. The summed E-state index contributed by atoms with van der Waals surface area (Å²) in [5.74, 6) is -0.439. The third kappa shape index (κ3) is 3.69. The van der Waals surface area contributed by atoms with Gasteiger partial charge in [-0.25, -0.2) is 0 Å². The quantitative estimate of drug-likeness (QED) is 0.559. The lowest BCUT2D eigenvalue weighted by molar-refractivity contribution is -0.384. The Balaban J connectivity index is 1.81. The number of nitro groups is 1. The Morgan fingerprint density at radius 1 is 1.25 bits per heavy atom. The van der Waals surface area contributed by atoms with Crippen molar-refractivity contribution in [3.05, 3.63) is 63.7 Å². The lowest BCUT2D eigenvalue weighted by atomic mass is 10.1. The van der Waals surface area contributed by atoms with Crippen LogP contribution in [0.1, 0.15) is 28.8 Å². The second kappa shape index (κ2) is 6.67. The van der Waals surface area contributed by atoms with Crippen LogP contribution in [0.15, 0.2) is 42.5 Å². The fourth-order valence-corrected chi connectivity index (χ4v) is 2.34. The van der Waals surface area contributed by atoms with Crippen LogP contribution >= 0.6 is 0 Å². The van der Waals surface area contributed by atoms with Gasteiger partial charge in [-0.2, -0.15) is 0 Å². The van der Waals surface area contributed by atoms with Crippen LogP contribution in [0.25, 0.3) is 0 Å². The molecule has 3 N–H and O–H groups in total. The predicted molar refractivity (Wildman–Crippen MR) is 90.1 cm³/mol. The number of nitrogens with one attached hydrogen (secondary N) is 2. The van der Waals surface area contributed by atoms with Gasteiger partial charge in [0, 0.05) is 23.4 Å². The van der Waals surface area contributed by atoms with Gasteiger partial charge in [-0.15, -0.1) is 0 Å². The highest BCUT2D eigenvalue weighted by molar-refractivity contribution is 6.05. The van der Waals surface area contributed by atoms with Gasteiger partial charge in [-0.3, -0.25) is 14.9 Å². The number of hydrogen-bond donors (Lipinski definition) is 3. The molecule has 7 nitrogen and oxygen atoms in total. The molecule has 2 aromatic rings. The SMILES string of the molecule is O=C(Nc1cccc(CO)c1)c1ccc(NC2CC2)c([N+](=O)[O-])c1. The molecule has 2 aromatic carbocycles. The Labute approximate surface area is 138 Å². The van der Waals surface area contributed by atoms with Crippen LogP contribution in [-0.4, -0.2) is 22.0 Å². The van der Waals surface area contributed by atoms with Crippen molar-refractivity contribution in [1.29, 1.82) is 0 Å². The van der Waals surface area contributed by atoms with Crippen LogP contribution in [0.4, 0.5) is 17.1 Å². The maximum Gasteiger partial charge on any atom is 0.293 e. The predicted octanol–water partition coefficient (Wildman–Crippen LogP) is 2.91. The minimum absolute atomic E-state index is 0.112. The Bertz CT molecular complexity index is 787. The minimum atomic E-state index is -0.492. The zero-order valence-electron chi connectivity index (χ0n) is 12.9. The molecule has 0 heterocycles. The lowest BCUT2D eigenvalue weighted by Gasteiger charge is -2.09. The molecule has 0 radical (unpaired) electrons. The highest BCUT2D eigenvalue weighted by Crippen LogP contribution is 2.31. The van der Waals surface area contributed by atoms with Crippen molar-refractivity contribution in [1.82, 2.24) is 0 Å². The highest BCUT2D eigenvalue weighted by Gasteiger charge is 2.25. The minimum Gasteiger partial charge on any atom is -0.392 e. The van der Waals surface area contributed by atoms with E-state index in [1.54, 1.807) is 36.4 Å². The lowest BCUT2D eigenvalue weighted by Crippen LogP contribution is -2.13. The molecule has 124 valence electrons. The normalized spacial score (nSPS) is 13.4. The number of carbonyl (C=O) groups excluding carboxylic acids is 1. The summed E-state index contributed by atoms with van der Waals surface area (Å²) in [6.07, 6.45) is 2.00. The Morgan fingerprint density at radius 2 is 2.04 bits per heavy atom. The average Bonchev–Trinajstić information content (AvgIpc) is 3.39. The third-order valence-corrected chi connectivity index (χ3v) is 3.76. The number of rotatable bonds is 6. The smallest absolute Gasteiger partial charge is 0.293 e. The van der Waals surface area contributed by atoms with Crippen LogP contribution in [0.5, 0.6) is 0 Å². The summed E-state index contributed by atoms with van der Waals surface area (Å²) in [7, 11) is 0. The van der Waals surface area contributed by atoms with E-state index in [9.17, 15) is 14.9 Å². The monoisotopic (exact) mass is 327 g/mol. The molecular formula is C17H17N3O4. The van der Waals surface area contributed by atoms with Gasteiger partial charge in [0.2, 0.25) is 0 Å². The van der Waals surface area contributed by atoms with Crippen molar-refractivity contribution in [2.45, 2.75) is 25.5 Å². The van der Waals surface area contributed by atoms with E-state index < -0.39 is 10.8 Å². The molecule has 0 saturated heterocycles. The van der Waals surface area contributed by atoms with Crippen LogP contribution in [0, 0.1) is 10.1 Å². The van der Waals surface area contributed by atoms with E-state index in [-0.39, 0.29) is 23.9 Å². The molecule has 7 heteroatoms. The van der Waals surface area contributed by atoms with Crippen molar-refractivity contribution in [2.24, 2.45) is 0 Å². The number of nitro benzene ring substituents is 1. The molecule has 24 heavy (non-hydrogen) atoms. The van der Waals surface area contributed by atoms with Gasteiger partial charge in [0.1, 0.15) is 5.69 Å². The number of anilines is 2. The summed E-state index contributed by atoms with van der Waals surface area (Å²) in [5.41, 5.74) is 1.72. The van der Waals surface area contributed by atoms with E-state index in [4.69, 9.17) is 5.11 Å². The van der Waals surface area contributed by atoms with E-state index in [1.165, 1.54) is 6.07 Å². The topological polar surface area (TPSA) is 104 Å². The molecule has 1 amide bonds. The van der Waals surface area contributed by atoms with E-state index in [2.05, 4.69) is 10.6 Å². The van der Waals surface area contributed by atoms with Crippen LogP contribution in [0.3, 0.4) is 0 Å². The molecular weight excluding hydrogens is 310 g/mol. The third-order valence-electron chi connectivity index (χ3n) is 3.76. The summed E-state index contributed by atoms with van der Waals surface area (Å²) < 4.78 is 0. The van der Waals surface area contributed by atoms with Gasteiger partial charge < -0.3 is 15.7 Å². The number of hydrogen-bond acceptors (Lipinski definition) is 5. The molecule has 0 aromatic heterocycles. The van der Waals surface area contributed by atoms with Crippen molar-refractivity contribution in [2.75, 3.05) is 10.6 Å². The molecule has 0 aliphatic heterocycles. The van der Waals surface area contributed by atoms with Crippen molar-refractivity contribution < 1.29 is 14.8 Å². The first-order valence-electron chi connectivity index (χ1n) is 7.63. The van der Waals surface area contributed by atoms with Crippen LogP contribution in [-0.2, 0) is 6.61 Å². The second-order valence-corrected chi connectivity index (χ2v) is 5.72. The summed E-state index contributed by atoms with van der Waals surface area (Å²) in [6.45, 7) is -0.128. The first-order valence-corrected chi connectivity index (χ1v) is 7.63. The zero-order chi connectivity index (χ0) is 17.1. The number of benzene rings is 2. The summed E-state index contributed by atoms with van der Waals surface area (Å²) in [4.78, 5) is 23.1. The van der Waals surface area contributed by atoms with E-state index in [0.717, 1.165) is 12.8 Å². The van der Waals surface area contributed by atoms with E-state index in [0.29, 0.717) is 16.9 Å². The molecule has 0 atom stereocenters. The molecule has 1 aliphatic carbocycles. The van der Waals surface area contributed by atoms with Gasteiger partial charge in [-0.05, 0) is 42.7 Å². The highest BCUT2D eigenvalue weighted by atomic mass is 16.6. The van der Waals surface area contributed by atoms with Crippen molar-refractivity contribution in [3.63, 3.8) is 0 Å². The molecule has 1 saturated carbocycles. The largest absolute Gasteiger partial charge is 0.392 e. The zero-order valence-corrected chi connectivity index (χ0v) is 12.9. The molecule has 0 unspecified atom stereocenters. The summed E-state index contributed by atoms with van der Waals surface area (Å²) >= 11 is 0. The van der Waals surface area contributed by atoms with E-state index >= 15 is 0 Å². The molecule has 1 fully saturated rings. The van der Waals surface area contributed by atoms with Gasteiger partial charge in [0.25, 0.3) is 11.6 Å². The maximum absolute atomic E-state index is 12.3. The molecule has 1 aliphatic rings. The van der Waals surface area contributed by atoms with E-state index in [1.807, 2.05) is 0 Å². The summed E-state index contributed by atoms with van der Waals surface area (Å²) in [6, 6.07) is 11.5. The van der Waals surface area contributed by atoms with Gasteiger partial charge in [0.15, 0.2) is 0 Å². The average molecular weight is 327 g/mol. The van der Waals surface area contributed by atoms with Crippen LogP contribution in [0.2, 0.25) is 0 Å². The molecule has 3 rings (SSSR count). The number of aliphatic hydroxyl groups excluding tert-OH is 1. The van der Waals surface area contributed by atoms with Gasteiger partial charge >= 0.3 is 0 Å². The second-order valence-electron chi connectivity index (χ2n) is 5.72. The number of aliphatic hydroxyl groups is 1. The number of nitrogens with zero attached hydrogens (tertiary/aromatic N) is 1. The number of amides is 1. The number of carbonyl (C=O) groups is 1. The Kier molecular flexibility index (Phi) is 4.43. The standard InChI is InChI=1S/C17H17N3O4/c21-10-11-2-1-3-14(8-11)19-17(22)12-4-7-15(18-13-5-6-13)16(9-12)20(23)24/h1-4,7-9,13,18,21H,5-6,10H2,(H,19,22). The Morgan fingerprint density at radius 3 is 2.71 bits per heavy atom. The molecule has 0 spiro atoms. The maximum atomic E-state index is 12.3. The first-order chi connectivity index (χ1) is 11.6. The first kappa shape index (κ1) is 15.9. The summed E-state index contributed by atoms with van der Waals surface area (Å²) in [5, 5.41) is 26.1. The van der Waals surface area contributed by atoms with Crippen molar-refractivity contribution in [3.8, 4) is 0 Å². The van der Waals surface area contributed by atoms with Gasteiger partial charge in [0.05, 0.1) is 11.5 Å². The fourth-order valence-electron chi connectivity index (χ4n) is 2.34. The van der Waals surface area contributed by atoms with Gasteiger partial charge in [-0.1, -0.05) is 12.1 Å². The van der Waals surface area contributed by atoms with Crippen LogP contribution < -0.4 is 10.6 Å². The van der Waals surface area contributed by atoms with Crippen molar-refractivity contribution >= 4 is 23.0 Å². The molecule has 0 bridgehead atoms.